The number of methoxy groups -OCH3 is 1. The Morgan fingerprint density at radius 1 is 1.71 bits per heavy atom. The van der Waals surface area contributed by atoms with Crippen molar-refractivity contribution in [3.05, 3.63) is 16.3 Å². The van der Waals surface area contributed by atoms with Gasteiger partial charge in [-0.25, -0.2) is 0 Å². The number of rotatable bonds is 6. The van der Waals surface area contributed by atoms with Crippen molar-refractivity contribution in [2.75, 3.05) is 7.11 Å². The third kappa shape index (κ3) is 3.98. The summed E-state index contributed by atoms with van der Waals surface area (Å²) in [5.41, 5.74) is 5.58. The molecule has 4 nitrogen and oxygen atoms in total. The molecule has 0 aliphatic carbocycles. The number of nitrogens with two attached hydrogens (primary N) is 1. The Morgan fingerprint density at radius 2 is 2.41 bits per heavy atom. The van der Waals surface area contributed by atoms with Gasteiger partial charge in [-0.3, -0.25) is 4.79 Å². The quantitative estimate of drug-likeness (QED) is 0.777. The summed E-state index contributed by atoms with van der Waals surface area (Å²) in [6.45, 7) is 2.02. The van der Waals surface area contributed by atoms with Crippen molar-refractivity contribution in [1.82, 2.24) is 5.32 Å². The fourth-order valence-electron chi connectivity index (χ4n) is 1.35. The number of amides is 1. The number of hydrogen-bond donors (Lipinski definition) is 2. The molecule has 0 saturated carbocycles. The summed E-state index contributed by atoms with van der Waals surface area (Å²) in [7, 11) is 1.57. The Kier molecular flexibility index (Phi) is 5.37. The summed E-state index contributed by atoms with van der Waals surface area (Å²) in [5.74, 6) is 0.520. The molecule has 0 aliphatic rings. The second kappa shape index (κ2) is 6.56. The molecule has 0 radical (unpaired) electrons. The first-order chi connectivity index (χ1) is 8.08. The van der Waals surface area contributed by atoms with E-state index in [1.165, 1.54) is 11.3 Å². The molecule has 1 unspecified atom stereocenters. The van der Waals surface area contributed by atoms with Gasteiger partial charge >= 0.3 is 0 Å². The van der Waals surface area contributed by atoms with E-state index in [1.54, 1.807) is 18.6 Å². The Morgan fingerprint density at radius 3 is 2.88 bits per heavy atom. The predicted molar refractivity (Wildman–Crippen MR) is 73.8 cm³/mol. The lowest BCUT2D eigenvalue weighted by atomic mass is 10.1. The summed E-state index contributed by atoms with van der Waals surface area (Å²) in [6, 6.07) is 1.46. The minimum Gasteiger partial charge on any atom is -0.496 e. The summed E-state index contributed by atoms with van der Waals surface area (Å²) in [6.07, 6.45) is 1.67. The number of ether oxygens (including phenoxy) is 1. The first-order valence-corrected chi connectivity index (χ1v) is 6.60. The molecule has 0 aromatic carbocycles. The SMILES string of the molecule is CCCC(NC(=O)c1cc(OC)cs1)C(N)=S. The lowest BCUT2D eigenvalue weighted by Crippen LogP contribution is -2.43. The van der Waals surface area contributed by atoms with E-state index in [-0.39, 0.29) is 11.9 Å². The van der Waals surface area contributed by atoms with Crippen LogP contribution in [0.25, 0.3) is 0 Å². The monoisotopic (exact) mass is 272 g/mol. The number of thiophene rings is 1. The molecular weight excluding hydrogens is 256 g/mol. The van der Waals surface area contributed by atoms with Crippen molar-refractivity contribution < 1.29 is 9.53 Å². The summed E-state index contributed by atoms with van der Waals surface area (Å²) in [5, 5.41) is 4.60. The van der Waals surface area contributed by atoms with Gasteiger partial charge in [-0.15, -0.1) is 11.3 Å². The molecule has 0 aliphatic heterocycles. The van der Waals surface area contributed by atoms with Crippen LogP contribution in [0, 0.1) is 0 Å². The third-order valence-corrected chi connectivity index (χ3v) is 3.45. The van der Waals surface area contributed by atoms with Gasteiger partial charge in [0.15, 0.2) is 0 Å². The minimum atomic E-state index is -0.240. The molecule has 3 N–H and O–H groups in total. The Labute approximate surface area is 110 Å². The largest absolute Gasteiger partial charge is 0.496 e. The average molecular weight is 272 g/mol. The van der Waals surface area contributed by atoms with Gasteiger partial charge in [0, 0.05) is 11.4 Å². The van der Waals surface area contributed by atoms with Gasteiger partial charge in [0.1, 0.15) is 5.75 Å². The van der Waals surface area contributed by atoms with Gasteiger partial charge in [0.25, 0.3) is 5.91 Å². The summed E-state index contributed by atoms with van der Waals surface area (Å²) in [4.78, 5) is 12.8. The maximum absolute atomic E-state index is 11.9. The second-order valence-corrected chi connectivity index (χ2v) is 4.95. The zero-order valence-corrected chi connectivity index (χ0v) is 11.5. The van der Waals surface area contributed by atoms with Gasteiger partial charge in [0.2, 0.25) is 0 Å². The van der Waals surface area contributed by atoms with Crippen LogP contribution >= 0.6 is 23.6 Å². The Bertz CT molecular complexity index is 404. The lowest BCUT2D eigenvalue weighted by molar-refractivity contribution is 0.0949. The number of thiocarbonyl (C=S) groups is 1. The molecule has 1 amide bonds. The van der Waals surface area contributed by atoms with Crippen molar-refractivity contribution in [3.63, 3.8) is 0 Å². The zero-order chi connectivity index (χ0) is 12.8. The molecule has 0 saturated heterocycles. The van der Waals surface area contributed by atoms with Crippen LogP contribution in [0.2, 0.25) is 0 Å². The van der Waals surface area contributed by atoms with Crippen LogP contribution in [0.3, 0.4) is 0 Å². The first kappa shape index (κ1) is 13.9. The normalized spacial score (nSPS) is 11.9. The molecule has 6 heteroatoms. The molecule has 1 aromatic heterocycles. The summed E-state index contributed by atoms with van der Waals surface area (Å²) >= 11 is 6.25. The van der Waals surface area contributed by atoms with Crippen LogP contribution in [0.1, 0.15) is 29.4 Å². The molecule has 1 aromatic rings. The molecule has 0 fully saturated rings. The smallest absolute Gasteiger partial charge is 0.262 e. The fourth-order valence-corrected chi connectivity index (χ4v) is 2.28. The first-order valence-electron chi connectivity index (χ1n) is 5.31. The van der Waals surface area contributed by atoms with Crippen LogP contribution in [0.15, 0.2) is 11.4 Å². The predicted octanol–water partition coefficient (Wildman–Crippen LogP) is 1.94. The van der Waals surface area contributed by atoms with Crippen molar-refractivity contribution >= 4 is 34.5 Å². The van der Waals surface area contributed by atoms with Crippen molar-refractivity contribution in [3.8, 4) is 5.75 Å². The highest BCUT2D eigenvalue weighted by Gasteiger charge is 2.16. The van der Waals surface area contributed by atoms with E-state index in [9.17, 15) is 4.79 Å². The molecule has 0 spiro atoms. The van der Waals surface area contributed by atoms with E-state index in [2.05, 4.69) is 5.32 Å². The van der Waals surface area contributed by atoms with Crippen LogP contribution in [-0.4, -0.2) is 24.0 Å². The van der Waals surface area contributed by atoms with Gasteiger partial charge in [0.05, 0.1) is 23.0 Å². The summed E-state index contributed by atoms with van der Waals surface area (Å²) < 4.78 is 5.02. The van der Waals surface area contributed by atoms with Crippen LogP contribution in [0.4, 0.5) is 0 Å². The fraction of sp³-hybridized carbons (Fsp3) is 0.455. The highest BCUT2D eigenvalue weighted by atomic mass is 32.1. The standard InChI is InChI=1S/C11H16N2O2S2/c1-3-4-8(10(12)16)13-11(14)9-5-7(15-2)6-17-9/h5-6,8H,3-4H2,1-2H3,(H2,12,16)(H,13,14). The average Bonchev–Trinajstić information content (AvgIpc) is 2.76. The van der Waals surface area contributed by atoms with Gasteiger partial charge in [-0.05, 0) is 6.42 Å². The van der Waals surface area contributed by atoms with Gasteiger partial charge in [-0.2, -0.15) is 0 Å². The number of carbonyl (C=O) groups is 1. The highest BCUT2D eigenvalue weighted by molar-refractivity contribution is 7.80. The zero-order valence-electron chi connectivity index (χ0n) is 9.86. The van der Waals surface area contributed by atoms with Crippen molar-refractivity contribution in [2.45, 2.75) is 25.8 Å². The van der Waals surface area contributed by atoms with Crippen molar-refractivity contribution in [1.29, 1.82) is 0 Å². The topological polar surface area (TPSA) is 64.3 Å². The molecule has 0 bridgehead atoms. The van der Waals surface area contributed by atoms with Crippen molar-refractivity contribution in [2.24, 2.45) is 5.73 Å². The van der Waals surface area contributed by atoms with E-state index in [1.807, 2.05) is 6.92 Å². The van der Waals surface area contributed by atoms with Crippen LogP contribution in [0.5, 0.6) is 5.75 Å². The molecular formula is C11H16N2O2S2. The molecule has 1 rings (SSSR count). The van der Waals surface area contributed by atoms with E-state index in [0.29, 0.717) is 15.6 Å². The van der Waals surface area contributed by atoms with Crippen LogP contribution < -0.4 is 15.8 Å². The number of carbonyl (C=O) groups excluding carboxylic acids is 1. The maximum Gasteiger partial charge on any atom is 0.262 e. The Hall–Kier alpha value is -1.14. The molecule has 94 valence electrons. The second-order valence-electron chi connectivity index (χ2n) is 3.57. The maximum atomic E-state index is 11.9. The lowest BCUT2D eigenvalue weighted by Gasteiger charge is -2.15. The van der Waals surface area contributed by atoms with E-state index in [4.69, 9.17) is 22.7 Å². The number of nitrogens with one attached hydrogen (secondary N) is 1. The van der Waals surface area contributed by atoms with E-state index in [0.717, 1.165) is 12.8 Å². The van der Waals surface area contributed by atoms with E-state index < -0.39 is 0 Å². The molecule has 17 heavy (non-hydrogen) atoms. The highest BCUT2D eigenvalue weighted by Crippen LogP contribution is 2.21. The molecule has 1 heterocycles. The molecule has 1 atom stereocenters. The minimum absolute atomic E-state index is 0.162. The van der Waals surface area contributed by atoms with E-state index >= 15 is 0 Å². The number of hydrogen-bond acceptors (Lipinski definition) is 4. The van der Waals surface area contributed by atoms with Gasteiger partial charge < -0.3 is 15.8 Å². The third-order valence-electron chi connectivity index (χ3n) is 2.26. The van der Waals surface area contributed by atoms with Gasteiger partial charge in [-0.1, -0.05) is 25.6 Å². The Balaban J connectivity index is 2.66. The van der Waals surface area contributed by atoms with Crippen LogP contribution in [-0.2, 0) is 0 Å².